The first-order valence-electron chi connectivity index (χ1n) is 6.39. The van der Waals surface area contributed by atoms with Gasteiger partial charge in [-0.1, -0.05) is 12.1 Å². The monoisotopic (exact) mass is 300 g/mol. The topological polar surface area (TPSA) is 66.0 Å². The van der Waals surface area contributed by atoms with Gasteiger partial charge < -0.3 is 5.11 Å². The maximum Gasteiger partial charge on any atom is 0.335 e. The standard InChI is InChI=1S/C16H10F2N2O2/c17-11-4-5-13(18)12(7-11)15-8-14(19-20-15)9-2-1-3-10(6-9)16(21)22/h1-8H,(H,19,20)(H,21,22). The normalized spacial score (nSPS) is 10.6. The zero-order chi connectivity index (χ0) is 15.7. The van der Waals surface area contributed by atoms with Crippen LogP contribution in [0.2, 0.25) is 0 Å². The fraction of sp³-hybridized carbons (Fsp3) is 0. The van der Waals surface area contributed by atoms with E-state index in [1.165, 1.54) is 12.1 Å². The maximum absolute atomic E-state index is 13.7. The highest BCUT2D eigenvalue weighted by atomic mass is 19.1. The SMILES string of the molecule is O=C(O)c1cccc(-c2cc(-c3cc(F)ccc3F)[nH]n2)c1. The van der Waals surface area contributed by atoms with E-state index < -0.39 is 17.6 Å². The summed E-state index contributed by atoms with van der Waals surface area (Å²) in [6, 6.07) is 10.9. The van der Waals surface area contributed by atoms with E-state index in [2.05, 4.69) is 10.2 Å². The Morgan fingerprint density at radius 3 is 2.68 bits per heavy atom. The van der Waals surface area contributed by atoms with Gasteiger partial charge in [-0.05, 0) is 36.4 Å². The van der Waals surface area contributed by atoms with Crippen LogP contribution in [0, 0.1) is 11.6 Å². The number of carboxylic acid groups (broad SMARTS) is 1. The molecule has 6 heteroatoms. The highest BCUT2D eigenvalue weighted by molar-refractivity contribution is 5.89. The molecule has 110 valence electrons. The van der Waals surface area contributed by atoms with Crippen molar-refractivity contribution in [2.24, 2.45) is 0 Å². The van der Waals surface area contributed by atoms with Crippen LogP contribution in [0.15, 0.2) is 48.5 Å². The van der Waals surface area contributed by atoms with Crippen molar-refractivity contribution < 1.29 is 18.7 Å². The molecule has 0 aliphatic carbocycles. The van der Waals surface area contributed by atoms with Crippen molar-refractivity contribution >= 4 is 5.97 Å². The van der Waals surface area contributed by atoms with Gasteiger partial charge in [0.05, 0.1) is 17.0 Å². The molecule has 0 bridgehead atoms. The molecule has 4 nitrogen and oxygen atoms in total. The Morgan fingerprint density at radius 1 is 1.09 bits per heavy atom. The Morgan fingerprint density at radius 2 is 1.91 bits per heavy atom. The number of nitrogens with one attached hydrogen (secondary N) is 1. The van der Waals surface area contributed by atoms with Crippen LogP contribution in [0.5, 0.6) is 0 Å². The number of hydrogen-bond donors (Lipinski definition) is 2. The van der Waals surface area contributed by atoms with Crippen molar-refractivity contribution in [1.82, 2.24) is 10.2 Å². The lowest BCUT2D eigenvalue weighted by molar-refractivity contribution is 0.0697. The molecule has 2 N–H and O–H groups in total. The summed E-state index contributed by atoms with van der Waals surface area (Å²) in [5, 5.41) is 15.6. The van der Waals surface area contributed by atoms with Gasteiger partial charge in [-0.3, -0.25) is 5.10 Å². The third-order valence-electron chi connectivity index (χ3n) is 3.20. The van der Waals surface area contributed by atoms with Gasteiger partial charge in [-0.15, -0.1) is 0 Å². The summed E-state index contributed by atoms with van der Waals surface area (Å²) in [4.78, 5) is 11.0. The highest BCUT2D eigenvalue weighted by Gasteiger charge is 2.12. The molecule has 22 heavy (non-hydrogen) atoms. The van der Waals surface area contributed by atoms with Crippen LogP contribution in [0.25, 0.3) is 22.5 Å². The van der Waals surface area contributed by atoms with Crippen LogP contribution in [-0.4, -0.2) is 21.3 Å². The molecule has 0 amide bonds. The molecule has 0 saturated heterocycles. The zero-order valence-corrected chi connectivity index (χ0v) is 11.2. The third-order valence-corrected chi connectivity index (χ3v) is 3.20. The van der Waals surface area contributed by atoms with Gasteiger partial charge >= 0.3 is 5.97 Å². The summed E-state index contributed by atoms with van der Waals surface area (Å²) in [6.45, 7) is 0. The lowest BCUT2D eigenvalue weighted by Gasteiger charge is -2.00. The largest absolute Gasteiger partial charge is 0.478 e. The van der Waals surface area contributed by atoms with Gasteiger partial charge in [-0.2, -0.15) is 5.10 Å². The number of nitrogens with zero attached hydrogens (tertiary/aromatic N) is 1. The number of aromatic nitrogens is 2. The minimum atomic E-state index is -1.05. The molecule has 0 radical (unpaired) electrons. The first-order valence-corrected chi connectivity index (χ1v) is 6.39. The second-order valence-electron chi connectivity index (χ2n) is 4.68. The molecule has 0 fully saturated rings. The lowest BCUT2D eigenvalue weighted by atomic mass is 10.1. The fourth-order valence-corrected chi connectivity index (χ4v) is 2.12. The Hall–Kier alpha value is -3.02. The minimum Gasteiger partial charge on any atom is -0.478 e. The number of halogens is 2. The summed E-state index contributed by atoms with van der Waals surface area (Å²) in [5.41, 5.74) is 1.51. The predicted molar refractivity (Wildman–Crippen MR) is 76.3 cm³/mol. The fourth-order valence-electron chi connectivity index (χ4n) is 2.12. The smallest absolute Gasteiger partial charge is 0.335 e. The number of aromatic carboxylic acids is 1. The van der Waals surface area contributed by atoms with E-state index in [1.54, 1.807) is 18.2 Å². The Balaban J connectivity index is 2.02. The zero-order valence-electron chi connectivity index (χ0n) is 11.2. The summed E-state index contributed by atoms with van der Waals surface area (Å²) in [7, 11) is 0. The average molecular weight is 300 g/mol. The van der Waals surface area contributed by atoms with Crippen LogP contribution in [0.4, 0.5) is 8.78 Å². The first kappa shape index (κ1) is 13.9. The molecule has 2 aromatic carbocycles. The van der Waals surface area contributed by atoms with Gasteiger partial charge in [-0.25, -0.2) is 13.6 Å². The molecule has 0 aliphatic heterocycles. The van der Waals surface area contributed by atoms with E-state index in [9.17, 15) is 13.6 Å². The van der Waals surface area contributed by atoms with E-state index in [-0.39, 0.29) is 11.1 Å². The maximum atomic E-state index is 13.7. The summed E-state index contributed by atoms with van der Waals surface area (Å²) in [6.07, 6.45) is 0. The van der Waals surface area contributed by atoms with E-state index in [0.29, 0.717) is 17.0 Å². The molecule has 0 atom stereocenters. The lowest BCUT2D eigenvalue weighted by Crippen LogP contribution is -1.95. The third kappa shape index (κ3) is 2.58. The molecule has 0 spiro atoms. The number of benzene rings is 2. The highest BCUT2D eigenvalue weighted by Crippen LogP contribution is 2.26. The molecule has 0 saturated carbocycles. The van der Waals surface area contributed by atoms with Crippen LogP contribution < -0.4 is 0 Å². The predicted octanol–water partition coefficient (Wildman–Crippen LogP) is 3.72. The second-order valence-corrected chi connectivity index (χ2v) is 4.68. The van der Waals surface area contributed by atoms with Crippen molar-refractivity contribution in [3.05, 3.63) is 65.7 Å². The van der Waals surface area contributed by atoms with Crippen molar-refractivity contribution in [2.75, 3.05) is 0 Å². The van der Waals surface area contributed by atoms with E-state index in [4.69, 9.17) is 5.11 Å². The van der Waals surface area contributed by atoms with Crippen molar-refractivity contribution in [1.29, 1.82) is 0 Å². The molecular formula is C16H10F2N2O2. The van der Waals surface area contributed by atoms with Crippen molar-refractivity contribution in [2.45, 2.75) is 0 Å². The molecule has 1 aromatic heterocycles. The van der Waals surface area contributed by atoms with Crippen LogP contribution in [0.1, 0.15) is 10.4 Å². The van der Waals surface area contributed by atoms with E-state index in [1.807, 2.05) is 0 Å². The minimum absolute atomic E-state index is 0.0631. The summed E-state index contributed by atoms with van der Waals surface area (Å²) >= 11 is 0. The van der Waals surface area contributed by atoms with E-state index in [0.717, 1.165) is 18.2 Å². The quantitative estimate of drug-likeness (QED) is 0.774. The Labute approximate surface area is 124 Å². The summed E-state index contributed by atoms with van der Waals surface area (Å²) in [5.74, 6) is -2.18. The van der Waals surface area contributed by atoms with Crippen LogP contribution in [-0.2, 0) is 0 Å². The van der Waals surface area contributed by atoms with Gasteiger partial charge in [0.2, 0.25) is 0 Å². The number of H-pyrrole nitrogens is 1. The summed E-state index contributed by atoms with van der Waals surface area (Å²) < 4.78 is 27.0. The first-order chi connectivity index (χ1) is 10.5. The van der Waals surface area contributed by atoms with Crippen molar-refractivity contribution in [3.8, 4) is 22.5 Å². The number of aromatic amines is 1. The van der Waals surface area contributed by atoms with E-state index >= 15 is 0 Å². The molecule has 1 heterocycles. The number of carbonyl (C=O) groups is 1. The molecular weight excluding hydrogens is 290 g/mol. The molecule has 3 rings (SSSR count). The molecule has 0 unspecified atom stereocenters. The van der Waals surface area contributed by atoms with Crippen LogP contribution in [0.3, 0.4) is 0 Å². The van der Waals surface area contributed by atoms with Gasteiger partial charge in [0, 0.05) is 11.1 Å². The Kier molecular flexibility index (Phi) is 3.42. The average Bonchev–Trinajstić information content (AvgIpc) is 2.99. The van der Waals surface area contributed by atoms with Gasteiger partial charge in [0.25, 0.3) is 0 Å². The Bertz CT molecular complexity index is 859. The molecule has 0 aliphatic rings. The second kappa shape index (κ2) is 5.40. The number of hydrogen-bond acceptors (Lipinski definition) is 2. The number of rotatable bonds is 3. The van der Waals surface area contributed by atoms with Crippen LogP contribution >= 0.6 is 0 Å². The van der Waals surface area contributed by atoms with Crippen molar-refractivity contribution in [3.63, 3.8) is 0 Å². The van der Waals surface area contributed by atoms with Gasteiger partial charge in [0.1, 0.15) is 11.6 Å². The van der Waals surface area contributed by atoms with Gasteiger partial charge in [0.15, 0.2) is 0 Å². The number of carboxylic acids is 1. The molecule has 3 aromatic rings.